The van der Waals surface area contributed by atoms with Crippen molar-refractivity contribution < 1.29 is 9.18 Å². The second kappa shape index (κ2) is 9.54. The summed E-state index contributed by atoms with van der Waals surface area (Å²) in [6.45, 7) is 4.39. The Morgan fingerprint density at radius 2 is 1.87 bits per heavy atom. The van der Waals surface area contributed by atoms with E-state index in [1.807, 2.05) is 53.6 Å². The zero-order valence-electron chi connectivity index (χ0n) is 16.9. The van der Waals surface area contributed by atoms with Crippen LogP contribution in [0.1, 0.15) is 17.5 Å². The van der Waals surface area contributed by atoms with Crippen molar-refractivity contribution in [3.63, 3.8) is 0 Å². The predicted molar refractivity (Wildman–Crippen MR) is 114 cm³/mol. The van der Waals surface area contributed by atoms with Crippen LogP contribution in [0, 0.1) is 5.82 Å². The fourth-order valence-electron chi connectivity index (χ4n) is 3.70. The number of rotatable bonds is 5. The molecule has 1 aliphatic heterocycles. The molecule has 1 aliphatic rings. The quantitative estimate of drug-likeness (QED) is 0.705. The minimum absolute atomic E-state index is 0.0388. The number of amides is 2. The van der Waals surface area contributed by atoms with Crippen LogP contribution in [0.4, 0.5) is 9.18 Å². The molecule has 0 saturated carbocycles. The second-order valence-corrected chi connectivity index (χ2v) is 7.52. The van der Waals surface area contributed by atoms with Gasteiger partial charge in [0, 0.05) is 51.7 Å². The maximum Gasteiger partial charge on any atom is 0.317 e. The van der Waals surface area contributed by atoms with Gasteiger partial charge in [0.15, 0.2) is 0 Å². The van der Waals surface area contributed by atoms with Gasteiger partial charge in [-0.3, -0.25) is 4.90 Å². The third-order valence-corrected chi connectivity index (χ3v) is 5.32. The van der Waals surface area contributed by atoms with Crippen molar-refractivity contribution in [2.24, 2.45) is 0 Å². The first-order chi connectivity index (χ1) is 14.7. The summed E-state index contributed by atoms with van der Waals surface area (Å²) in [5.74, 6) is -0.215. The molecule has 30 heavy (non-hydrogen) atoms. The van der Waals surface area contributed by atoms with Gasteiger partial charge in [0.1, 0.15) is 5.82 Å². The van der Waals surface area contributed by atoms with Crippen LogP contribution in [0.3, 0.4) is 0 Å². The first-order valence-electron chi connectivity index (χ1n) is 10.3. The van der Waals surface area contributed by atoms with Crippen LogP contribution in [-0.4, -0.2) is 51.8 Å². The largest absolute Gasteiger partial charge is 0.334 e. The molecule has 4 rings (SSSR count). The Hall–Kier alpha value is -3.19. The summed E-state index contributed by atoms with van der Waals surface area (Å²) in [6, 6.07) is 16.5. The standard InChI is InChI=1S/C23H26FN5O/c24-21-8-6-19(7-9-21)18-27-11-3-12-28(15-14-27)23(30)25-17-20-4-1-5-22(16-20)29-13-2-10-26-29/h1-2,4-10,13,16H,3,11-12,14-15,17-18H2,(H,25,30). The fourth-order valence-corrected chi connectivity index (χ4v) is 3.70. The van der Waals surface area contributed by atoms with Crippen LogP contribution in [-0.2, 0) is 13.1 Å². The highest BCUT2D eigenvalue weighted by Gasteiger charge is 2.19. The fraction of sp³-hybridized carbons (Fsp3) is 0.304. The number of aromatic nitrogens is 2. The lowest BCUT2D eigenvalue weighted by molar-refractivity contribution is 0.197. The summed E-state index contributed by atoms with van der Waals surface area (Å²) >= 11 is 0. The smallest absolute Gasteiger partial charge is 0.317 e. The molecule has 3 aromatic rings. The lowest BCUT2D eigenvalue weighted by atomic mass is 10.2. The molecule has 2 heterocycles. The minimum Gasteiger partial charge on any atom is -0.334 e. The third kappa shape index (κ3) is 5.24. The summed E-state index contributed by atoms with van der Waals surface area (Å²) in [5.41, 5.74) is 3.09. The van der Waals surface area contributed by atoms with Crippen molar-refractivity contribution in [2.75, 3.05) is 26.2 Å². The first kappa shape index (κ1) is 20.1. The Morgan fingerprint density at radius 1 is 1.00 bits per heavy atom. The van der Waals surface area contributed by atoms with Crippen LogP contribution in [0.25, 0.3) is 5.69 Å². The number of benzene rings is 2. The molecule has 0 spiro atoms. The first-order valence-corrected chi connectivity index (χ1v) is 10.3. The number of carbonyl (C=O) groups excluding carboxylic acids is 1. The van der Waals surface area contributed by atoms with Crippen molar-refractivity contribution in [1.29, 1.82) is 0 Å². The average Bonchev–Trinajstić information content (AvgIpc) is 3.21. The van der Waals surface area contributed by atoms with Gasteiger partial charge in [0.05, 0.1) is 5.69 Å². The minimum atomic E-state index is -0.215. The Morgan fingerprint density at radius 3 is 2.67 bits per heavy atom. The Labute approximate surface area is 175 Å². The number of carbonyl (C=O) groups is 1. The van der Waals surface area contributed by atoms with Gasteiger partial charge in [-0.15, -0.1) is 0 Å². The van der Waals surface area contributed by atoms with Crippen molar-refractivity contribution in [3.05, 3.63) is 83.9 Å². The van der Waals surface area contributed by atoms with E-state index < -0.39 is 0 Å². The molecular weight excluding hydrogens is 381 g/mol. The zero-order chi connectivity index (χ0) is 20.8. The molecule has 1 fully saturated rings. The summed E-state index contributed by atoms with van der Waals surface area (Å²) < 4.78 is 14.9. The molecule has 2 aromatic carbocycles. The average molecular weight is 407 g/mol. The second-order valence-electron chi connectivity index (χ2n) is 7.52. The normalized spacial score (nSPS) is 15.0. The van der Waals surface area contributed by atoms with E-state index >= 15 is 0 Å². The number of nitrogens with one attached hydrogen (secondary N) is 1. The number of nitrogens with zero attached hydrogens (tertiary/aromatic N) is 4. The van der Waals surface area contributed by atoms with Crippen LogP contribution < -0.4 is 5.32 Å². The van der Waals surface area contributed by atoms with Gasteiger partial charge in [-0.25, -0.2) is 13.9 Å². The van der Waals surface area contributed by atoms with Crippen LogP contribution in [0.15, 0.2) is 67.0 Å². The van der Waals surface area contributed by atoms with E-state index in [4.69, 9.17) is 0 Å². The number of urea groups is 1. The van der Waals surface area contributed by atoms with Crippen LogP contribution >= 0.6 is 0 Å². The molecule has 2 amide bonds. The molecule has 156 valence electrons. The van der Waals surface area contributed by atoms with Gasteiger partial charge in [-0.05, 0) is 47.9 Å². The van der Waals surface area contributed by atoms with E-state index in [0.29, 0.717) is 13.1 Å². The van der Waals surface area contributed by atoms with E-state index in [9.17, 15) is 9.18 Å². The summed E-state index contributed by atoms with van der Waals surface area (Å²) in [6.07, 6.45) is 4.56. The van der Waals surface area contributed by atoms with Gasteiger partial charge in [0.25, 0.3) is 0 Å². The topological polar surface area (TPSA) is 53.4 Å². The van der Waals surface area contributed by atoms with Gasteiger partial charge in [0.2, 0.25) is 0 Å². The van der Waals surface area contributed by atoms with E-state index in [1.165, 1.54) is 12.1 Å². The summed E-state index contributed by atoms with van der Waals surface area (Å²) in [5, 5.41) is 7.28. The number of hydrogen-bond donors (Lipinski definition) is 1. The van der Waals surface area contributed by atoms with Crippen molar-refractivity contribution in [3.8, 4) is 5.69 Å². The monoisotopic (exact) mass is 407 g/mol. The SMILES string of the molecule is O=C(NCc1cccc(-n2cccn2)c1)N1CCCN(Cc2ccc(F)cc2)CC1. The van der Waals surface area contributed by atoms with E-state index in [-0.39, 0.29) is 11.8 Å². The summed E-state index contributed by atoms with van der Waals surface area (Å²) in [7, 11) is 0. The summed E-state index contributed by atoms with van der Waals surface area (Å²) in [4.78, 5) is 16.9. The van der Waals surface area contributed by atoms with E-state index in [2.05, 4.69) is 15.3 Å². The highest BCUT2D eigenvalue weighted by atomic mass is 19.1. The number of halogens is 1. The molecular formula is C23H26FN5O. The van der Waals surface area contributed by atoms with Gasteiger partial charge in [-0.2, -0.15) is 5.10 Å². The maximum atomic E-state index is 13.1. The van der Waals surface area contributed by atoms with Crippen LogP contribution in [0.2, 0.25) is 0 Å². The molecule has 0 bridgehead atoms. The van der Waals surface area contributed by atoms with Crippen LogP contribution in [0.5, 0.6) is 0 Å². The molecule has 1 aromatic heterocycles. The highest BCUT2D eigenvalue weighted by molar-refractivity contribution is 5.74. The maximum absolute atomic E-state index is 13.1. The molecule has 1 N–H and O–H groups in total. The molecule has 6 nitrogen and oxygen atoms in total. The highest BCUT2D eigenvalue weighted by Crippen LogP contribution is 2.12. The molecule has 0 atom stereocenters. The van der Waals surface area contributed by atoms with Gasteiger partial charge < -0.3 is 10.2 Å². The van der Waals surface area contributed by atoms with Crippen molar-refractivity contribution in [2.45, 2.75) is 19.5 Å². The Bertz CT molecular complexity index is 958. The van der Waals surface area contributed by atoms with Crippen molar-refractivity contribution in [1.82, 2.24) is 24.9 Å². The Balaban J connectivity index is 1.28. The third-order valence-electron chi connectivity index (χ3n) is 5.32. The van der Waals surface area contributed by atoms with Gasteiger partial charge in [-0.1, -0.05) is 24.3 Å². The molecule has 0 radical (unpaired) electrons. The lowest BCUT2D eigenvalue weighted by Gasteiger charge is -2.22. The molecule has 7 heteroatoms. The Kier molecular flexibility index (Phi) is 6.39. The van der Waals surface area contributed by atoms with E-state index in [1.54, 1.807) is 10.9 Å². The van der Waals surface area contributed by atoms with E-state index in [0.717, 1.165) is 49.4 Å². The molecule has 0 unspecified atom stereocenters. The molecule has 0 aliphatic carbocycles. The number of hydrogen-bond acceptors (Lipinski definition) is 3. The van der Waals surface area contributed by atoms with Gasteiger partial charge >= 0.3 is 6.03 Å². The lowest BCUT2D eigenvalue weighted by Crippen LogP contribution is -2.41. The predicted octanol–water partition coefficient (Wildman–Crippen LogP) is 3.43. The molecule has 1 saturated heterocycles. The van der Waals surface area contributed by atoms with Crippen molar-refractivity contribution >= 4 is 6.03 Å². The zero-order valence-corrected chi connectivity index (χ0v) is 16.9.